The van der Waals surface area contributed by atoms with Gasteiger partial charge in [-0.05, 0) is 24.6 Å². The Hall–Kier alpha value is -2.18. The highest BCUT2D eigenvalue weighted by atomic mass is 16.5. The van der Waals surface area contributed by atoms with Crippen LogP contribution in [-0.2, 0) is 18.3 Å². The van der Waals surface area contributed by atoms with Gasteiger partial charge >= 0.3 is 0 Å². The van der Waals surface area contributed by atoms with Crippen LogP contribution >= 0.6 is 0 Å². The third kappa shape index (κ3) is 2.95. The van der Waals surface area contributed by atoms with Crippen LogP contribution in [0.15, 0.2) is 42.9 Å². The van der Waals surface area contributed by atoms with Crippen molar-refractivity contribution in [3.05, 3.63) is 48.5 Å². The molecule has 2 atom stereocenters. The highest BCUT2D eigenvalue weighted by molar-refractivity contribution is 5.74. The number of imidazole rings is 1. The molecule has 1 fully saturated rings. The zero-order valence-corrected chi connectivity index (χ0v) is 13.9. The van der Waals surface area contributed by atoms with Gasteiger partial charge in [-0.1, -0.05) is 12.1 Å². The lowest BCUT2D eigenvalue weighted by Gasteiger charge is -2.19. The van der Waals surface area contributed by atoms with Crippen molar-refractivity contribution in [2.75, 3.05) is 19.7 Å². The predicted molar refractivity (Wildman–Crippen MR) is 92.6 cm³/mol. The Morgan fingerprint density at radius 3 is 3.08 bits per heavy atom. The second-order valence-electron chi connectivity index (χ2n) is 6.35. The van der Waals surface area contributed by atoms with E-state index in [2.05, 4.69) is 38.2 Å². The molecule has 0 amide bonds. The van der Waals surface area contributed by atoms with Gasteiger partial charge < -0.3 is 14.6 Å². The van der Waals surface area contributed by atoms with Crippen molar-refractivity contribution in [2.45, 2.75) is 19.1 Å². The molecule has 1 N–H and O–H groups in total. The number of fused-ring (bicyclic) bond motifs is 1. The zero-order valence-electron chi connectivity index (χ0n) is 13.9. The fourth-order valence-corrected chi connectivity index (χ4v) is 3.51. The van der Waals surface area contributed by atoms with Gasteiger partial charge in [-0.25, -0.2) is 4.98 Å². The van der Waals surface area contributed by atoms with E-state index in [-0.39, 0.29) is 6.10 Å². The van der Waals surface area contributed by atoms with Gasteiger partial charge in [-0.2, -0.15) is 5.10 Å². The standard InChI is InChI=1S/C18H23N5O/c1-22-17(6-8-21-22)18-14(7-11-24-18)12-19-9-10-23-13-20-15-4-2-3-5-16(15)23/h2-6,8,13-14,18-19H,7,9-12H2,1H3/t14-,18+/m0/s1. The lowest BCUT2D eigenvalue weighted by atomic mass is 9.99. The van der Waals surface area contributed by atoms with Crippen LogP contribution in [0, 0.1) is 5.92 Å². The first-order chi connectivity index (χ1) is 11.8. The number of aromatic nitrogens is 4. The molecule has 3 heterocycles. The van der Waals surface area contributed by atoms with Crippen molar-refractivity contribution in [2.24, 2.45) is 13.0 Å². The van der Waals surface area contributed by atoms with E-state index in [4.69, 9.17) is 4.74 Å². The van der Waals surface area contributed by atoms with E-state index < -0.39 is 0 Å². The van der Waals surface area contributed by atoms with Crippen molar-refractivity contribution >= 4 is 11.0 Å². The summed E-state index contributed by atoms with van der Waals surface area (Å²) in [5.74, 6) is 0.500. The van der Waals surface area contributed by atoms with Gasteiger partial charge in [0.25, 0.3) is 0 Å². The van der Waals surface area contributed by atoms with Crippen molar-refractivity contribution in [1.82, 2.24) is 24.6 Å². The lowest BCUT2D eigenvalue weighted by Crippen LogP contribution is -2.28. The molecule has 6 nitrogen and oxygen atoms in total. The summed E-state index contributed by atoms with van der Waals surface area (Å²) in [6, 6.07) is 10.3. The minimum Gasteiger partial charge on any atom is -0.372 e. The summed E-state index contributed by atoms with van der Waals surface area (Å²) in [6.45, 7) is 3.64. The molecule has 0 radical (unpaired) electrons. The number of para-hydroxylation sites is 2. The van der Waals surface area contributed by atoms with Crippen molar-refractivity contribution in [3.8, 4) is 0 Å². The minimum absolute atomic E-state index is 0.152. The molecule has 126 valence electrons. The Morgan fingerprint density at radius 2 is 2.21 bits per heavy atom. The summed E-state index contributed by atoms with van der Waals surface area (Å²) in [6.07, 6.45) is 5.01. The zero-order chi connectivity index (χ0) is 16.4. The van der Waals surface area contributed by atoms with E-state index >= 15 is 0 Å². The molecule has 6 heteroatoms. The van der Waals surface area contributed by atoms with Crippen molar-refractivity contribution in [1.29, 1.82) is 0 Å². The average molecular weight is 325 g/mol. The van der Waals surface area contributed by atoms with E-state index in [1.165, 1.54) is 11.2 Å². The Balaban J connectivity index is 1.32. The first-order valence-electron chi connectivity index (χ1n) is 8.53. The monoisotopic (exact) mass is 325 g/mol. The molecule has 0 unspecified atom stereocenters. The fourth-order valence-electron chi connectivity index (χ4n) is 3.51. The maximum absolute atomic E-state index is 5.94. The average Bonchev–Trinajstić information content (AvgIpc) is 3.31. The van der Waals surface area contributed by atoms with Crippen LogP contribution in [0.2, 0.25) is 0 Å². The first-order valence-corrected chi connectivity index (χ1v) is 8.53. The Bertz CT molecular complexity index is 808. The molecule has 1 aliphatic heterocycles. The Kier molecular flexibility index (Phi) is 4.32. The summed E-state index contributed by atoms with van der Waals surface area (Å²) in [5, 5.41) is 7.84. The SMILES string of the molecule is Cn1nccc1[C@@H]1OCC[C@H]1CNCCn1cnc2ccccc21. The molecule has 0 saturated carbocycles. The van der Waals surface area contributed by atoms with Crippen molar-refractivity contribution in [3.63, 3.8) is 0 Å². The molecule has 1 aliphatic rings. The number of rotatable bonds is 6. The largest absolute Gasteiger partial charge is 0.372 e. The van der Waals surface area contributed by atoms with E-state index in [0.717, 1.165) is 38.2 Å². The number of ether oxygens (including phenoxy) is 1. The first kappa shape index (κ1) is 15.4. The van der Waals surface area contributed by atoms with Gasteiger partial charge in [0.2, 0.25) is 0 Å². The number of aryl methyl sites for hydroxylation is 1. The number of benzene rings is 1. The molecule has 2 aromatic heterocycles. The van der Waals surface area contributed by atoms with Gasteiger partial charge in [-0.15, -0.1) is 0 Å². The highest BCUT2D eigenvalue weighted by Crippen LogP contribution is 2.33. The molecule has 24 heavy (non-hydrogen) atoms. The molecule has 0 bridgehead atoms. The number of nitrogens with zero attached hydrogens (tertiary/aromatic N) is 4. The van der Waals surface area contributed by atoms with Crippen LogP contribution in [-0.4, -0.2) is 39.0 Å². The summed E-state index contributed by atoms with van der Waals surface area (Å²) in [5.41, 5.74) is 3.41. The quantitative estimate of drug-likeness (QED) is 0.706. The molecule has 0 spiro atoms. The molecule has 0 aliphatic carbocycles. The van der Waals surface area contributed by atoms with E-state index in [9.17, 15) is 0 Å². The third-order valence-corrected chi connectivity index (χ3v) is 4.83. The van der Waals surface area contributed by atoms with Crippen LogP contribution in [0.1, 0.15) is 18.2 Å². The molecule has 3 aromatic rings. The van der Waals surface area contributed by atoms with Crippen LogP contribution in [0.25, 0.3) is 11.0 Å². The molecular formula is C18H23N5O. The molecule has 4 rings (SSSR count). The minimum atomic E-state index is 0.152. The summed E-state index contributed by atoms with van der Waals surface area (Å²) in [4.78, 5) is 4.44. The maximum atomic E-state index is 5.94. The Labute approximate surface area is 141 Å². The highest BCUT2D eigenvalue weighted by Gasteiger charge is 2.31. The second kappa shape index (κ2) is 6.75. The molecule has 1 saturated heterocycles. The summed E-state index contributed by atoms with van der Waals surface area (Å²) >= 11 is 0. The summed E-state index contributed by atoms with van der Waals surface area (Å²) in [7, 11) is 1.98. The Morgan fingerprint density at radius 1 is 1.29 bits per heavy atom. The van der Waals surface area contributed by atoms with Crippen LogP contribution in [0.4, 0.5) is 0 Å². The maximum Gasteiger partial charge on any atom is 0.103 e. The normalized spacial score (nSPS) is 20.9. The lowest BCUT2D eigenvalue weighted by molar-refractivity contribution is 0.0838. The van der Waals surface area contributed by atoms with Crippen LogP contribution in [0.3, 0.4) is 0 Å². The second-order valence-corrected chi connectivity index (χ2v) is 6.35. The third-order valence-electron chi connectivity index (χ3n) is 4.83. The smallest absolute Gasteiger partial charge is 0.103 e. The van der Waals surface area contributed by atoms with E-state index in [1.807, 2.05) is 36.4 Å². The van der Waals surface area contributed by atoms with Crippen LogP contribution < -0.4 is 5.32 Å². The fraction of sp³-hybridized carbons (Fsp3) is 0.444. The topological polar surface area (TPSA) is 56.9 Å². The van der Waals surface area contributed by atoms with Gasteiger partial charge in [-0.3, -0.25) is 4.68 Å². The van der Waals surface area contributed by atoms with Gasteiger partial charge in [0.1, 0.15) is 6.10 Å². The number of nitrogens with one attached hydrogen (secondary N) is 1. The van der Waals surface area contributed by atoms with Gasteiger partial charge in [0.15, 0.2) is 0 Å². The summed E-state index contributed by atoms with van der Waals surface area (Å²) < 4.78 is 10.1. The number of hydrogen-bond donors (Lipinski definition) is 1. The van der Waals surface area contributed by atoms with E-state index in [0.29, 0.717) is 5.92 Å². The van der Waals surface area contributed by atoms with E-state index in [1.54, 1.807) is 0 Å². The predicted octanol–water partition coefficient (Wildman–Crippen LogP) is 2.14. The van der Waals surface area contributed by atoms with Gasteiger partial charge in [0, 0.05) is 45.4 Å². The molecule has 1 aromatic carbocycles. The number of hydrogen-bond acceptors (Lipinski definition) is 4. The van der Waals surface area contributed by atoms with Crippen molar-refractivity contribution < 1.29 is 4.74 Å². The van der Waals surface area contributed by atoms with Crippen LogP contribution in [0.5, 0.6) is 0 Å². The molecular weight excluding hydrogens is 302 g/mol. The van der Waals surface area contributed by atoms with Gasteiger partial charge in [0.05, 0.1) is 23.1 Å².